The van der Waals surface area contributed by atoms with Crippen LogP contribution in [0.3, 0.4) is 0 Å². The molecule has 0 amide bonds. The molecule has 1 aliphatic heterocycles. The highest BCUT2D eigenvalue weighted by atomic mass is 127. The van der Waals surface area contributed by atoms with Gasteiger partial charge in [-0.25, -0.2) is 0 Å². The van der Waals surface area contributed by atoms with E-state index in [1.165, 1.54) is 12.8 Å². The molecule has 1 aromatic rings. The fourth-order valence-electron chi connectivity index (χ4n) is 2.96. The van der Waals surface area contributed by atoms with E-state index in [1.54, 1.807) is 7.11 Å². The van der Waals surface area contributed by atoms with Crippen molar-refractivity contribution in [1.29, 1.82) is 0 Å². The van der Waals surface area contributed by atoms with Crippen LogP contribution in [0.15, 0.2) is 23.2 Å². The second-order valence-electron chi connectivity index (χ2n) is 6.29. The van der Waals surface area contributed by atoms with Crippen molar-refractivity contribution in [3.05, 3.63) is 23.2 Å². The van der Waals surface area contributed by atoms with Gasteiger partial charge in [-0.05, 0) is 43.4 Å². The maximum absolute atomic E-state index is 6.15. The quantitative estimate of drug-likeness (QED) is 0.399. The van der Waals surface area contributed by atoms with E-state index in [4.69, 9.17) is 16.3 Å². The minimum absolute atomic E-state index is 0. The van der Waals surface area contributed by atoms with Crippen LogP contribution < -0.4 is 20.3 Å². The summed E-state index contributed by atoms with van der Waals surface area (Å²) in [7, 11) is 3.52. The molecule has 3 rings (SSSR count). The molecule has 0 spiro atoms. The fourth-order valence-corrected chi connectivity index (χ4v) is 3.12. The topological polar surface area (TPSA) is 48.9 Å². The van der Waals surface area contributed by atoms with E-state index in [9.17, 15) is 0 Å². The van der Waals surface area contributed by atoms with Gasteiger partial charge in [0, 0.05) is 37.7 Å². The average molecular weight is 465 g/mol. The Hall–Kier alpha value is -0.890. The van der Waals surface area contributed by atoms with Crippen molar-refractivity contribution in [3.8, 4) is 5.75 Å². The Kier molecular flexibility index (Phi) is 7.28. The summed E-state index contributed by atoms with van der Waals surface area (Å²) in [5.41, 5.74) is 1.06. The predicted octanol–water partition coefficient (Wildman–Crippen LogP) is 3.12. The molecule has 2 aliphatic rings. The van der Waals surface area contributed by atoms with E-state index >= 15 is 0 Å². The number of halogens is 2. The Morgan fingerprint density at radius 2 is 2.17 bits per heavy atom. The molecule has 1 atom stereocenters. The average Bonchev–Trinajstić information content (AvgIpc) is 3.28. The molecule has 1 unspecified atom stereocenters. The third kappa shape index (κ3) is 5.05. The Morgan fingerprint density at radius 1 is 1.38 bits per heavy atom. The summed E-state index contributed by atoms with van der Waals surface area (Å²) < 4.78 is 5.47. The second kappa shape index (κ2) is 8.99. The summed E-state index contributed by atoms with van der Waals surface area (Å²) in [6.45, 7) is 2.92. The largest absolute Gasteiger partial charge is 0.495 e. The predicted molar refractivity (Wildman–Crippen MR) is 111 cm³/mol. The summed E-state index contributed by atoms with van der Waals surface area (Å²) in [5.74, 6) is 2.61. The van der Waals surface area contributed by atoms with Gasteiger partial charge >= 0.3 is 0 Å². The van der Waals surface area contributed by atoms with Crippen LogP contribution in [-0.2, 0) is 0 Å². The van der Waals surface area contributed by atoms with Crippen LogP contribution in [0.25, 0.3) is 0 Å². The van der Waals surface area contributed by atoms with Crippen molar-refractivity contribution in [2.45, 2.75) is 25.3 Å². The van der Waals surface area contributed by atoms with Crippen molar-refractivity contribution in [2.24, 2.45) is 10.9 Å². The molecule has 0 aromatic heterocycles. The molecule has 1 saturated heterocycles. The molecule has 0 radical (unpaired) electrons. The van der Waals surface area contributed by atoms with Gasteiger partial charge in [-0.1, -0.05) is 11.6 Å². The van der Waals surface area contributed by atoms with Crippen molar-refractivity contribution in [2.75, 3.05) is 38.7 Å². The lowest BCUT2D eigenvalue weighted by molar-refractivity contribution is 0.415. The van der Waals surface area contributed by atoms with Crippen LogP contribution in [0.2, 0.25) is 5.02 Å². The van der Waals surface area contributed by atoms with Gasteiger partial charge < -0.3 is 20.3 Å². The van der Waals surface area contributed by atoms with E-state index in [0.29, 0.717) is 6.04 Å². The van der Waals surface area contributed by atoms with Gasteiger partial charge in [0.2, 0.25) is 0 Å². The van der Waals surface area contributed by atoms with E-state index in [0.717, 1.165) is 54.4 Å². The number of nitrogens with one attached hydrogen (secondary N) is 2. The molecular weight excluding hydrogens is 439 g/mol. The van der Waals surface area contributed by atoms with Gasteiger partial charge in [0.25, 0.3) is 0 Å². The molecule has 1 aliphatic carbocycles. The number of aliphatic imine (C=N–C) groups is 1. The SMILES string of the molecule is CN=C(NCC1CC1)NC1CCN(c2cc(Cl)ccc2OC)C1.I. The molecule has 1 aromatic carbocycles. The monoisotopic (exact) mass is 464 g/mol. The smallest absolute Gasteiger partial charge is 0.191 e. The zero-order chi connectivity index (χ0) is 16.2. The van der Waals surface area contributed by atoms with Crippen molar-refractivity contribution >= 4 is 47.2 Å². The number of ether oxygens (including phenoxy) is 1. The molecule has 134 valence electrons. The molecule has 1 saturated carbocycles. The van der Waals surface area contributed by atoms with Crippen LogP contribution in [0.1, 0.15) is 19.3 Å². The molecule has 0 bridgehead atoms. The van der Waals surface area contributed by atoms with Crippen molar-refractivity contribution in [1.82, 2.24) is 10.6 Å². The molecule has 2 fully saturated rings. The number of hydrogen-bond donors (Lipinski definition) is 2. The number of hydrogen-bond acceptors (Lipinski definition) is 3. The first-order valence-electron chi connectivity index (χ1n) is 8.25. The first-order valence-corrected chi connectivity index (χ1v) is 8.63. The number of benzene rings is 1. The zero-order valence-corrected chi connectivity index (χ0v) is 17.3. The van der Waals surface area contributed by atoms with E-state index in [-0.39, 0.29) is 24.0 Å². The van der Waals surface area contributed by atoms with E-state index in [2.05, 4.69) is 20.5 Å². The highest BCUT2D eigenvalue weighted by Crippen LogP contribution is 2.33. The number of anilines is 1. The van der Waals surface area contributed by atoms with Crippen LogP contribution >= 0.6 is 35.6 Å². The number of guanidine groups is 1. The minimum Gasteiger partial charge on any atom is -0.495 e. The highest BCUT2D eigenvalue weighted by molar-refractivity contribution is 14.0. The Bertz CT molecular complexity index is 580. The summed E-state index contributed by atoms with van der Waals surface area (Å²) in [5, 5.41) is 7.68. The molecular formula is C17H26ClIN4O. The maximum Gasteiger partial charge on any atom is 0.191 e. The summed E-state index contributed by atoms with van der Waals surface area (Å²) in [4.78, 5) is 6.64. The van der Waals surface area contributed by atoms with Crippen molar-refractivity contribution < 1.29 is 4.74 Å². The van der Waals surface area contributed by atoms with Crippen molar-refractivity contribution in [3.63, 3.8) is 0 Å². The molecule has 5 nitrogen and oxygen atoms in total. The normalized spacial score (nSPS) is 20.5. The summed E-state index contributed by atoms with van der Waals surface area (Å²) in [6.07, 6.45) is 3.76. The maximum atomic E-state index is 6.15. The Morgan fingerprint density at radius 3 is 2.83 bits per heavy atom. The van der Waals surface area contributed by atoms with Gasteiger partial charge in [-0.3, -0.25) is 4.99 Å². The third-order valence-electron chi connectivity index (χ3n) is 4.49. The van der Waals surface area contributed by atoms with Gasteiger partial charge in [0.1, 0.15) is 5.75 Å². The highest BCUT2D eigenvalue weighted by Gasteiger charge is 2.26. The molecule has 7 heteroatoms. The fraction of sp³-hybridized carbons (Fsp3) is 0.588. The van der Waals surface area contributed by atoms with Gasteiger partial charge in [0.15, 0.2) is 5.96 Å². The molecule has 2 N–H and O–H groups in total. The zero-order valence-electron chi connectivity index (χ0n) is 14.2. The van der Waals surface area contributed by atoms with Crippen LogP contribution in [0.4, 0.5) is 5.69 Å². The molecule has 24 heavy (non-hydrogen) atoms. The van der Waals surface area contributed by atoms with Crippen LogP contribution in [-0.4, -0.2) is 45.8 Å². The van der Waals surface area contributed by atoms with Gasteiger partial charge in [0.05, 0.1) is 12.8 Å². The summed E-state index contributed by atoms with van der Waals surface area (Å²) in [6, 6.07) is 6.14. The Balaban J connectivity index is 0.00000208. The van der Waals surface area contributed by atoms with Gasteiger partial charge in [-0.15, -0.1) is 24.0 Å². The number of rotatable bonds is 5. The lowest BCUT2D eigenvalue weighted by atomic mass is 10.2. The number of methoxy groups -OCH3 is 1. The lowest BCUT2D eigenvalue weighted by Crippen LogP contribution is -2.45. The lowest BCUT2D eigenvalue weighted by Gasteiger charge is -2.22. The van der Waals surface area contributed by atoms with E-state index in [1.807, 2.05) is 25.2 Å². The first kappa shape index (κ1) is 19.4. The van der Waals surface area contributed by atoms with Crippen LogP contribution in [0.5, 0.6) is 5.75 Å². The Labute approximate surface area is 166 Å². The minimum atomic E-state index is 0. The molecule has 1 heterocycles. The van der Waals surface area contributed by atoms with Gasteiger partial charge in [-0.2, -0.15) is 0 Å². The van der Waals surface area contributed by atoms with Crippen LogP contribution in [0, 0.1) is 5.92 Å². The third-order valence-corrected chi connectivity index (χ3v) is 4.72. The standard InChI is InChI=1S/C17H25ClN4O.HI/c1-19-17(20-10-12-3-4-12)21-14-7-8-22(11-14)15-9-13(18)5-6-16(15)23-2;/h5-6,9,12,14H,3-4,7-8,10-11H2,1-2H3,(H2,19,20,21);1H. The van der Waals surface area contributed by atoms with E-state index < -0.39 is 0 Å². The number of nitrogens with zero attached hydrogens (tertiary/aromatic N) is 2. The summed E-state index contributed by atoms with van der Waals surface area (Å²) >= 11 is 6.15. The second-order valence-corrected chi connectivity index (χ2v) is 6.73. The first-order chi connectivity index (χ1) is 11.2.